The van der Waals surface area contributed by atoms with Crippen molar-refractivity contribution in [2.24, 2.45) is 5.92 Å². The zero-order chi connectivity index (χ0) is 26.6. The number of carbonyl (C=O) groups excluding carboxylic acids is 1. The molecule has 0 bridgehead atoms. The van der Waals surface area contributed by atoms with Crippen LogP contribution in [-0.4, -0.2) is 40.0 Å². The van der Waals surface area contributed by atoms with E-state index >= 15 is 0 Å². The van der Waals surface area contributed by atoms with Crippen LogP contribution in [0.3, 0.4) is 0 Å². The summed E-state index contributed by atoms with van der Waals surface area (Å²) in [4.78, 5) is 31.1. The zero-order valence-electron chi connectivity index (χ0n) is 22.2. The van der Waals surface area contributed by atoms with E-state index in [2.05, 4.69) is 18.4 Å². The van der Waals surface area contributed by atoms with E-state index in [9.17, 15) is 14.7 Å². The monoisotopic (exact) mass is 532 g/mol. The first kappa shape index (κ1) is 26.4. The third-order valence-corrected chi connectivity index (χ3v) is 8.98. The van der Waals surface area contributed by atoms with E-state index in [4.69, 9.17) is 9.72 Å². The predicted octanol–water partition coefficient (Wildman–Crippen LogP) is 6.99. The summed E-state index contributed by atoms with van der Waals surface area (Å²) in [5.41, 5.74) is 5.87. The number of hydrogen-bond donors (Lipinski definition) is 1. The van der Waals surface area contributed by atoms with Crippen LogP contribution in [0.25, 0.3) is 11.3 Å². The number of piperidine rings is 1. The molecule has 5 rings (SSSR count). The van der Waals surface area contributed by atoms with Crippen LogP contribution in [0.4, 0.5) is 0 Å². The minimum Gasteiger partial charge on any atom is -0.488 e. The first-order chi connectivity index (χ1) is 18.4. The SMILES string of the molecule is Cc1ccc(OCc2ccc(C(=O)N3CCCCC3)cc2C)c(-c2csc(C3CCC(C(=O)O)CC3)n2)c1. The smallest absolute Gasteiger partial charge is 0.306 e. The molecule has 1 amide bonds. The molecule has 2 aliphatic rings. The Hall–Kier alpha value is -3.19. The molecule has 1 aliphatic heterocycles. The summed E-state index contributed by atoms with van der Waals surface area (Å²) >= 11 is 1.66. The van der Waals surface area contributed by atoms with E-state index in [-0.39, 0.29) is 11.8 Å². The van der Waals surface area contributed by atoms with E-state index in [1.54, 1.807) is 11.3 Å². The van der Waals surface area contributed by atoms with Crippen LogP contribution in [0.2, 0.25) is 0 Å². The number of rotatable bonds is 7. The fourth-order valence-corrected chi connectivity index (χ4v) is 6.57. The summed E-state index contributed by atoms with van der Waals surface area (Å²) < 4.78 is 6.33. The standard InChI is InChI=1S/C31H36N2O4S/c1-20-6-13-28(26(16-20)27-19-38-29(32-27)22-7-9-23(10-8-22)31(35)36)37-18-25-12-11-24(17-21(25)2)30(34)33-14-4-3-5-15-33/h6,11-13,16-17,19,22-23H,3-5,7-10,14-15,18H2,1-2H3,(H,35,36). The Bertz CT molecular complexity index is 1300. The highest BCUT2D eigenvalue weighted by atomic mass is 32.1. The van der Waals surface area contributed by atoms with Crippen LogP contribution in [0, 0.1) is 19.8 Å². The Morgan fingerprint density at radius 3 is 2.50 bits per heavy atom. The summed E-state index contributed by atoms with van der Waals surface area (Å²) in [5, 5.41) is 12.5. The van der Waals surface area contributed by atoms with Crippen molar-refractivity contribution in [1.29, 1.82) is 0 Å². The number of aromatic nitrogens is 1. The van der Waals surface area contributed by atoms with Gasteiger partial charge in [-0.05, 0) is 94.2 Å². The van der Waals surface area contributed by atoms with Crippen molar-refractivity contribution in [3.05, 3.63) is 69.0 Å². The highest BCUT2D eigenvalue weighted by Gasteiger charge is 2.28. The second-order valence-corrected chi connectivity index (χ2v) is 11.6. The van der Waals surface area contributed by atoms with Crippen molar-refractivity contribution >= 4 is 23.2 Å². The van der Waals surface area contributed by atoms with Gasteiger partial charge in [0.15, 0.2) is 0 Å². The second-order valence-electron chi connectivity index (χ2n) is 10.7. The molecule has 200 valence electrons. The quantitative estimate of drug-likeness (QED) is 0.355. The molecule has 2 aromatic carbocycles. The molecule has 3 aromatic rings. The molecule has 2 fully saturated rings. The highest BCUT2D eigenvalue weighted by molar-refractivity contribution is 7.10. The van der Waals surface area contributed by atoms with Crippen LogP contribution < -0.4 is 4.74 Å². The number of benzene rings is 2. The van der Waals surface area contributed by atoms with Crippen LogP contribution >= 0.6 is 11.3 Å². The largest absolute Gasteiger partial charge is 0.488 e. The van der Waals surface area contributed by atoms with Crippen LogP contribution in [0.5, 0.6) is 5.75 Å². The fourth-order valence-electron chi connectivity index (χ4n) is 5.58. The molecular formula is C31H36N2O4S. The number of likely N-dealkylation sites (tertiary alicyclic amines) is 1. The van der Waals surface area contributed by atoms with Gasteiger partial charge in [0.25, 0.3) is 5.91 Å². The van der Waals surface area contributed by atoms with Crippen molar-refractivity contribution in [2.75, 3.05) is 13.1 Å². The van der Waals surface area contributed by atoms with Gasteiger partial charge in [0.1, 0.15) is 12.4 Å². The van der Waals surface area contributed by atoms with E-state index in [0.717, 1.165) is 95.9 Å². The molecule has 1 N–H and O–H groups in total. The number of aryl methyl sites for hydroxylation is 2. The molecule has 38 heavy (non-hydrogen) atoms. The fraction of sp³-hybridized carbons (Fsp3) is 0.452. The number of carboxylic acid groups (broad SMARTS) is 1. The van der Waals surface area contributed by atoms with E-state index in [1.807, 2.05) is 42.2 Å². The Morgan fingerprint density at radius 1 is 1.03 bits per heavy atom. The Morgan fingerprint density at radius 2 is 1.79 bits per heavy atom. The Balaban J connectivity index is 1.28. The molecule has 1 saturated carbocycles. The normalized spacial score (nSPS) is 19.8. The topological polar surface area (TPSA) is 79.7 Å². The van der Waals surface area contributed by atoms with Gasteiger partial charge in [-0.2, -0.15) is 0 Å². The lowest BCUT2D eigenvalue weighted by molar-refractivity contribution is -0.142. The number of amides is 1. The van der Waals surface area contributed by atoms with Crippen molar-refractivity contribution in [1.82, 2.24) is 9.88 Å². The Labute approximate surface area is 228 Å². The minimum atomic E-state index is -0.677. The second kappa shape index (κ2) is 11.7. The van der Waals surface area contributed by atoms with E-state index in [1.165, 1.54) is 6.42 Å². The van der Waals surface area contributed by atoms with Gasteiger partial charge in [0.05, 0.1) is 16.6 Å². The first-order valence-corrected chi connectivity index (χ1v) is 14.6. The van der Waals surface area contributed by atoms with Crippen LogP contribution in [0.15, 0.2) is 41.8 Å². The summed E-state index contributed by atoms with van der Waals surface area (Å²) in [7, 11) is 0. The van der Waals surface area contributed by atoms with Gasteiger partial charge in [-0.15, -0.1) is 11.3 Å². The molecule has 1 aromatic heterocycles. The molecule has 2 heterocycles. The van der Waals surface area contributed by atoms with Gasteiger partial charge in [-0.1, -0.05) is 17.7 Å². The average Bonchev–Trinajstić information content (AvgIpc) is 3.43. The molecule has 0 unspecified atom stereocenters. The van der Waals surface area contributed by atoms with Crippen molar-refractivity contribution in [3.8, 4) is 17.0 Å². The zero-order valence-corrected chi connectivity index (χ0v) is 23.1. The number of ether oxygens (including phenoxy) is 1. The highest BCUT2D eigenvalue weighted by Crippen LogP contribution is 2.40. The van der Waals surface area contributed by atoms with Crippen LogP contribution in [0.1, 0.15) is 82.9 Å². The third kappa shape index (κ3) is 5.93. The Kier molecular flexibility index (Phi) is 8.12. The van der Waals surface area contributed by atoms with E-state index in [0.29, 0.717) is 12.5 Å². The van der Waals surface area contributed by atoms with Gasteiger partial charge in [-0.3, -0.25) is 9.59 Å². The van der Waals surface area contributed by atoms with Crippen molar-refractivity contribution in [2.45, 2.75) is 71.3 Å². The molecule has 0 spiro atoms. The van der Waals surface area contributed by atoms with Gasteiger partial charge < -0.3 is 14.7 Å². The van der Waals surface area contributed by atoms with Gasteiger partial charge >= 0.3 is 5.97 Å². The summed E-state index contributed by atoms with van der Waals surface area (Å²) in [6.07, 6.45) is 6.55. The maximum atomic E-state index is 12.9. The first-order valence-electron chi connectivity index (χ1n) is 13.7. The molecule has 7 heteroatoms. The average molecular weight is 533 g/mol. The lowest BCUT2D eigenvalue weighted by Crippen LogP contribution is -2.35. The minimum absolute atomic E-state index is 0.122. The number of carboxylic acids is 1. The molecule has 1 saturated heterocycles. The number of nitrogens with zero attached hydrogens (tertiary/aromatic N) is 2. The third-order valence-electron chi connectivity index (χ3n) is 7.97. The number of aliphatic carboxylic acids is 1. The van der Waals surface area contributed by atoms with Crippen molar-refractivity contribution < 1.29 is 19.4 Å². The van der Waals surface area contributed by atoms with Crippen molar-refractivity contribution in [3.63, 3.8) is 0 Å². The molecule has 0 atom stereocenters. The molecule has 6 nitrogen and oxygen atoms in total. The molecular weight excluding hydrogens is 496 g/mol. The lowest BCUT2D eigenvalue weighted by atomic mass is 9.82. The van der Waals surface area contributed by atoms with Gasteiger partial charge in [0, 0.05) is 35.5 Å². The summed E-state index contributed by atoms with van der Waals surface area (Å²) in [5.74, 6) is 0.338. The molecule has 1 aliphatic carbocycles. The number of carbonyl (C=O) groups is 2. The van der Waals surface area contributed by atoms with Crippen LogP contribution in [-0.2, 0) is 11.4 Å². The maximum absolute atomic E-state index is 12.9. The predicted molar refractivity (Wildman–Crippen MR) is 150 cm³/mol. The summed E-state index contributed by atoms with van der Waals surface area (Å²) in [6, 6.07) is 12.1. The lowest BCUT2D eigenvalue weighted by Gasteiger charge is -2.27. The van der Waals surface area contributed by atoms with E-state index < -0.39 is 5.97 Å². The number of thiazole rings is 1. The molecule has 0 radical (unpaired) electrons. The maximum Gasteiger partial charge on any atom is 0.306 e. The van der Waals surface area contributed by atoms with Gasteiger partial charge in [0.2, 0.25) is 0 Å². The number of hydrogen-bond acceptors (Lipinski definition) is 5. The van der Waals surface area contributed by atoms with Gasteiger partial charge in [-0.25, -0.2) is 4.98 Å². The summed E-state index contributed by atoms with van der Waals surface area (Å²) in [6.45, 7) is 6.21.